The summed E-state index contributed by atoms with van der Waals surface area (Å²) in [4.78, 5) is 26.1. The van der Waals surface area contributed by atoms with Crippen LogP contribution in [0.15, 0.2) is 60.7 Å². The SMILES string of the molecule is CCCCC1C(OC(=O)c2ccccc2)C(OC(=O)c2ccccc2)CC2C3CCC(O3)C21. The van der Waals surface area contributed by atoms with Crippen LogP contribution in [-0.2, 0) is 14.2 Å². The molecule has 2 heterocycles. The van der Waals surface area contributed by atoms with E-state index in [4.69, 9.17) is 14.2 Å². The lowest BCUT2D eigenvalue weighted by Gasteiger charge is -2.46. The van der Waals surface area contributed by atoms with Gasteiger partial charge in [-0.3, -0.25) is 0 Å². The Bertz CT molecular complexity index is 959. The van der Waals surface area contributed by atoms with Gasteiger partial charge in [0.25, 0.3) is 0 Å². The molecule has 33 heavy (non-hydrogen) atoms. The third-order valence-electron chi connectivity index (χ3n) is 7.69. The molecule has 174 valence electrons. The number of carbonyl (C=O) groups is 2. The van der Waals surface area contributed by atoms with Gasteiger partial charge in [-0.2, -0.15) is 0 Å². The number of ether oxygens (including phenoxy) is 3. The zero-order valence-electron chi connectivity index (χ0n) is 19.1. The van der Waals surface area contributed by atoms with E-state index in [1.54, 1.807) is 24.3 Å². The first-order valence-corrected chi connectivity index (χ1v) is 12.3. The molecule has 2 saturated heterocycles. The molecule has 3 aliphatic rings. The van der Waals surface area contributed by atoms with E-state index in [1.165, 1.54) is 0 Å². The number of esters is 2. The van der Waals surface area contributed by atoms with E-state index in [2.05, 4.69) is 6.92 Å². The van der Waals surface area contributed by atoms with Gasteiger partial charge in [-0.15, -0.1) is 0 Å². The molecule has 0 radical (unpaired) electrons. The van der Waals surface area contributed by atoms with Gasteiger partial charge in [0, 0.05) is 5.92 Å². The molecule has 7 unspecified atom stereocenters. The van der Waals surface area contributed by atoms with E-state index in [-0.39, 0.29) is 30.1 Å². The number of hydrogen-bond donors (Lipinski definition) is 0. The van der Waals surface area contributed by atoms with Crippen molar-refractivity contribution in [2.75, 3.05) is 0 Å². The Morgan fingerprint density at radius 3 is 2.12 bits per heavy atom. The van der Waals surface area contributed by atoms with Crippen molar-refractivity contribution < 1.29 is 23.8 Å². The standard InChI is InChI=1S/C28H32O5/c1-2-3-14-20-25-21(22-15-16-23(25)31-22)17-24(32-27(29)18-10-6-4-7-11-18)26(20)33-28(30)19-12-8-5-9-13-19/h4-13,20-26H,2-3,14-17H2,1H3. The van der Waals surface area contributed by atoms with Crippen LogP contribution < -0.4 is 0 Å². The maximum absolute atomic E-state index is 13.1. The number of fused-ring (bicyclic) bond motifs is 5. The molecule has 2 bridgehead atoms. The second-order valence-corrected chi connectivity index (χ2v) is 9.62. The fraction of sp³-hybridized carbons (Fsp3) is 0.500. The summed E-state index contributed by atoms with van der Waals surface area (Å²) in [5.74, 6) is 0.116. The van der Waals surface area contributed by atoms with Crippen LogP contribution in [0.1, 0.15) is 66.2 Å². The predicted molar refractivity (Wildman–Crippen MR) is 124 cm³/mol. The molecule has 2 aromatic carbocycles. The summed E-state index contributed by atoms with van der Waals surface area (Å²) >= 11 is 0. The van der Waals surface area contributed by atoms with Crippen molar-refractivity contribution >= 4 is 11.9 Å². The molecule has 0 spiro atoms. The summed E-state index contributed by atoms with van der Waals surface area (Å²) in [6, 6.07) is 18.1. The zero-order valence-corrected chi connectivity index (χ0v) is 19.1. The normalized spacial score (nSPS) is 32.2. The van der Waals surface area contributed by atoms with Crippen molar-refractivity contribution in [2.24, 2.45) is 17.8 Å². The highest BCUT2D eigenvalue weighted by Crippen LogP contribution is 2.54. The van der Waals surface area contributed by atoms with Crippen LogP contribution in [0, 0.1) is 17.8 Å². The van der Waals surface area contributed by atoms with Gasteiger partial charge < -0.3 is 14.2 Å². The molecule has 0 amide bonds. The lowest BCUT2D eigenvalue weighted by molar-refractivity contribution is -0.110. The Morgan fingerprint density at radius 1 is 0.879 bits per heavy atom. The molecule has 2 aliphatic heterocycles. The fourth-order valence-corrected chi connectivity index (χ4v) is 6.23. The van der Waals surface area contributed by atoms with E-state index in [0.717, 1.165) is 32.1 Å². The Balaban J connectivity index is 1.44. The van der Waals surface area contributed by atoms with Crippen molar-refractivity contribution in [3.05, 3.63) is 71.8 Å². The first kappa shape index (κ1) is 22.1. The van der Waals surface area contributed by atoms with Crippen LogP contribution in [0.4, 0.5) is 0 Å². The van der Waals surface area contributed by atoms with E-state index in [9.17, 15) is 9.59 Å². The Morgan fingerprint density at radius 2 is 1.48 bits per heavy atom. The third-order valence-corrected chi connectivity index (χ3v) is 7.69. The van der Waals surface area contributed by atoms with Gasteiger partial charge in [0.05, 0.1) is 23.3 Å². The minimum absolute atomic E-state index is 0.125. The maximum Gasteiger partial charge on any atom is 0.338 e. The van der Waals surface area contributed by atoms with Crippen molar-refractivity contribution in [3.63, 3.8) is 0 Å². The highest BCUT2D eigenvalue weighted by Gasteiger charge is 2.59. The predicted octanol–water partition coefficient (Wildman–Crippen LogP) is 5.44. The summed E-state index contributed by atoms with van der Waals surface area (Å²) in [5, 5.41) is 0. The molecule has 0 aromatic heterocycles. The summed E-state index contributed by atoms with van der Waals surface area (Å²) in [6.45, 7) is 2.18. The highest BCUT2D eigenvalue weighted by atomic mass is 16.6. The van der Waals surface area contributed by atoms with Crippen LogP contribution in [0.2, 0.25) is 0 Å². The van der Waals surface area contributed by atoms with Crippen molar-refractivity contribution in [2.45, 2.75) is 69.9 Å². The second kappa shape index (κ2) is 9.68. The molecule has 7 atom stereocenters. The molecular weight excluding hydrogens is 416 g/mol. The van der Waals surface area contributed by atoms with Gasteiger partial charge >= 0.3 is 11.9 Å². The van der Waals surface area contributed by atoms with Gasteiger partial charge in [0.15, 0.2) is 0 Å². The maximum atomic E-state index is 13.1. The zero-order chi connectivity index (χ0) is 22.8. The summed E-state index contributed by atoms with van der Waals surface area (Å²) in [6.07, 6.45) is 5.38. The van der Waals surface area contributed by atoms with E-state index >= 15 is 0 Å². The average molecular weight is 449 g/mol. The van der Waals surface area contributed by atoms with Crippen molar-refractivity contribution in [1.29, 1.82) is 0 Å². The van der Waals surface area contributed by atoms with Crippen LogP contribution >= 0.6 is 0 Å². The lowest BCUT2D eigenvalue weighted by atomic mass is 9.62. The number of benzene rings is 2. The molecule has 5 nitrogen and oxygen atoms in total. The second-order valence-electron chi connectivity index (χ2n) is 9.62. The van der Waals surface area contributed by atoms with E-state index in [1.807, 2.05) is 36.4 Å². The molecule has 0 N–H and O–H groups in total. The molecular formula is C28H32O5. The van der Waals surface area contributed by atoms with Crippen LogP contribution in [-0.4, -0.2) is 36.4 Å². The van der Waals surface area contributed by atoms with Crippen molar-refractivity contribution in [3.8, 4) is 0 Å². The number of hydrogen-bond acceptors (Lipinski definition) is 5. The Kier molecular flexibility index (Phi) is 6.50. The number of unbranched alkanes of at least 4 members (excludes halogenated alkanes) is 1. The molecule has 1 aliphatic carbocycles. The van der Waals surface area contributed by atoms with E-state index in [0.29, 0.717) is 29.4 Å². The fourth-order valence-electron chi connectivity index (χ4n) is 6.23. The first-order chi connectivity index (χ1) is 16.2. The quantitative estimate of drug-likeness (QED) is 0.528. The average Bonchev–Trinajstić information content (AvgIpc) is 3.47. The minimum Gasteiger partial charge on any atom is -0.455 e. The third kappa shape index (κ3) is 4.43. The smallest absolute Gasteiger partial charge is 0.338 e. The van der Waals surface area contributed by atoms with Gasteiger partial charge in [-0.25, -0.2) is 9.59 Å². The summed E-state index contributed by atoms with van der Waals surface area (Å²) in [7, 11) is 0. The van der Waals surface area contributed by atoms with Crippen LogP contribution in [0.5, 0.6) is 0 Å². The molecule has 5 rings (SSSR count). The molecule has 2 aromatic rings. The summed E-state index contributed by atoms with van der Waals surface area (Å²) in [5.41, 5.74) is 1.04. The van der Waals surface area contributed by atoms with Crippen LogP contribution in [0.25, 0.3) is 0 Å². The largest absolute Gasteiger partial charge is 0.455 e. The lowest BCUT2D eigenvalue weighted by Crippen LogP contribution is -2.53. The van der Waals surface area contributed by atoms with E-state index < -0.39 is 12.2 Å². The van der Waals surface area contributed by atoms with Gasteiger partial charge in [0.2, 0.25) is 0 Å². The number of rotatable bonds is 7. The van der Waals surface area contributed by atoms with Gasteiger partial charge in [-0.05, 0) is 61.8 Å². The highest BCUT2D eigenvalue weighted by molar-refractivity contribution is 5.90. The monoisotopic (exact) mass is 448 g/mol. The van der Waals surface area contributed by atoms with Gasteiger partial charge in [-0.1, -0.05) is 56.2 Å². The Hall–Kier alpha value is -2.66. The van der Waals surface area contributed by atoms with Crippen molar-refractivity contribution in [1.82, 2.24) is 0 Å². The Labute approximate surface area is 195 Å². The topological polar surface area (TPSA) is 61.8 Å². The molecule has 5 heteroatoms. The molecule has 1 saturated carbocycles. The number of carbonyl (C=O) groups excluding carboxylic acids is 2. The summed E-state index contributed by atoms with van der Waals surface area (Å²) < 4.78 is 18.6. The minimum atomic E-state index is -0.476. The first-order valence-electron chi connectivity index (χ1n) is 12.3. The van der Waals surface area contributed by atoms with Gasteiger partial charge in [0.1, 0.15) is 12.2 Å². The molecule has 3 fully saturated rings. The van der Waals surface area contributed by atoms with Crippen LogP contribution in [0.3, 0.4) is 0 Å².